The molecule has 1 aliphatic rings. The first-order valence-electron chi connectivity index (χ1n) is 11.3. The van der Waals surface area contributed by atoms with E-state index >= 15 is 0 Å². The summed E-state index contributed by atoms with van der Waals surface area (Å²) >= 11 is 6.36. The highest BCUT2D eigenvalue weighted by Gasteiger charge is 2.36. The Bertz CT molecular complexity index is 1010. The van der Waals surface area contributed by atoms with Crippen molar-refractivity contribution in [1.82, 2.24) is 15.1 Å². The van der Waals surface area contributed by atoms with Gasteiger partial charge in [0.25, 0.3) is 5.91 Å². The van der Waals surface area contributed by atoms with E-state index in [1.165, 1.54) is 4.68 Å². The van der Waals surface area contributed by atoms with E-state index in [0.717, 1.165) is 44.7 Å². The van der Waals surface area contributed by atoms with Crippen molar-refractivity contribution in [2.75, 3.05) is 11.9 Å². The molecule has 1 heterocycles. The van der Waals surface area contributed by atoms with Crippen LogP contribution in [0.4, 0.5) is 27.6 Å². The molecule has 0 spiro atoms. The van der Waals surface area contributed by atoms with Gasteiger partial charge < -0.3 is 10.6 Å². The Balaban J connectivity index is 1.85. The highest BCUT2D eigenvalue weighted by Crippen LogP contribution is 2.36. The van der Waals surface area contributed by atoms with Crippen LogP contribution in [-0.4, -0.2) is 34.5 Å². The van der Waals surface area contributed by atoms with Gasteiger partial charge in [-0.05, 0) is 50.7 Å². The maximum Gasteiger partial charge on any atom is 0.408 e. The fourth-order valence-corrected chi connectivity index (χ4v) is 4.44. The van der Waals surface area contributed by atoms with Gasteiger partial charge in [-0.1, -0.05) is 31.4 Å². The average Bonchev–Trinajstić information content (AvgIpc) is 3.08. The first kappa shape index (κ1) is 26.2. The fourth-order valence-electron chi connectivity index (χ4n) is 4.12. The minimum absolute atomic E-state index is 0.147. The van der Waals surface area contributed by atoms with Crippen LogP contribution >= 0.6 is 11.6 Å². The van der Waals surface area contributed by atoms with Crippen molar-refractivity contribution in [3.05, 3.63) is 34.5 Å². The molecule has 11 heteroatoms. The number of alkyl halides is 3. The number of carbonyl (C=O) groups excluding carboxylic acids is 1. The Labute approximate surface area is 200 Å². The Morgan fingerprint density at radius 1 is 1.21 bits per heavy atom. The van der Waals surface area contributed by atoms with Crippen molar-refractivity contribution >= 4 is 23.2 Å². The molecular weight excluding hydrogens is 479 g/mol. The smallest absolute Gasteiger partial charge is 0.374 e. The topological polar surface area (TPSA) is 59.0 Å². The number of anilines is 1. The molecule has 3 rings (SSSR count). The lowest BCUT2D eigenvalue weighted by atomic mass is 9.83. The van der Waals surface area contributed by atoms with Crippen molar-refractivity contribution in [1.29, 1.82) is 0 Å². The number of rotatable bonds is 7. The number of amides is 1. The van der Waals surface area contributed by atoms with E-state index in [1.54, 1.807) is 6.92 Å². The second-order valence-electron chi connectivity index (χ2n) is 8.89. The zero-order valence-electron chi connectivity index (χ0n) is 19.2. The van der Waals surface area contributed by atoms with Crippen molar-refractivity contribution in [3.8, 4) is 11.3 Å². The number of hydrogen-bond donors (Lipinski definition) is 2. The first-order chi connectivity index (χ1) is 15.9. The third-order valence-corrected chi connectivity index (χ3v) is 6.61. The zero-order valence-corrected chi connectivity index (χ0v) is 20.0. The quantitative estimate of drug-likeness (QED) is 0.426. The molecule has 0 bridgehead atoms. The molecule has 188 valence electrons. The highest BCUT2D eigenvalue weighted by atomic mass is 35.5. The van der Waals surface area contributed by atoms with Crippen LogP contribution in [0.15, 0.2) is 12.1 Å². The molecule has 5 nitrogen and oxygen atoms in total. The summed E-state index contributed by atoms with van der Waals surface area (Å²) in [5.41, 5.74) is -1.24. The van der Waals surface area contributed by atoms with Crippen molar-refractivity contribution in [2.45, 2.75) is 65.2 Å². The summed E-state index contributed by atoms with van der Waals surface area (Å²) in [6.45, 7) is 5.31. The fraction of sp³-hybridized carbons (Fsp3) is 0.565. The zero-order chi connectivity index (χ0) is 25.2. The van der Waals surface area contributed by atoms with E-state index in [0.29, 0.717) is 18.4 Å². The largest absolute Gasteiger partial charge is 0.408 e. The molecule has 0 saturated heterocycles. The minimum Gasteiger partial charge on any atom is -0.374 e. The van der Waals surface area contributed by atoms with Gasteiger partial charge >= 0.3 is 6.18 Å². The lowest BCUT2D eigenvalue weighted by molar-refractivity contribution is -0.138. The number of hydrogen-bond acceptors (Lipinski definition) is 3. The van der Waals surface area contributed by atoms with Gasteiger partial charge in [0.2, 0.25) is 0 Å². The maximum absolute atomic E-state index is 14.9. The van der Waals surface area contributed by atoms with Gasteiger partial charge in [0.15, 0.2) is 5.69 Å². The number of benzene rings is 1. The Hall–Kier alpha value is -2.36. The van der Waals surface area contributed by atoms with Crippen LogP contribution in [0.3, 0.4) is 0 Å². The SMILES string of the molecule is CCn1nc(C(=O)NCC2CCC(C)CC2)c(Cl)c1-c1c(F)cc(N[C@H](C)C(F)(F)F)cc1F. The lowest BCUT2D eigenvalue weighted by Crippen LogP contribution is -2.33. The molecule has 1 aromatic heterocycles. The molecular formula is C23H28ClF5N4O. The summed E-state index contributed by atoms with van der Waals surface area (Å²) in [5, 5.41) is 8.76. The summed E-state index contributed by atoms with van der Waals surface area (Å²) in [7, 11) is 0. The van der Waals surface area contributed by atoms with Crippen LogP contribution in [0.25, 0.3) is 11.3 Å². The number of nitrogens with zero attached hydrogens (tertiary/aromatic N) is 2. The van der Waals surface area contributed by atoms with E-state index in [2.05, 4.69) is 17.3 Å². The summed E-state index contributed by atoms with van der Waals surface area (Å²) in [5.74, 6) is -1.78. The van der Waals surface area contributed by atoms with E-state index < -0.39 is 35.3 Å². The second kappa shape index (κ2) is 10.5. The Kier molecular flexibility index (Phi) is 8.10. The molecule has 1 atom stereocenters. The molecule has 1 fully saturated rings. The predicted molar refractivity (Wildman–Crippen MR) is 121 cm³/mol. The van der Waals surface area contributed by atoms with Crippen LogP contribution < -0.4 is 10.6 Å². The lowest BCUT2D eigenvalue weighted by Gasteiger charge is -2.26. The number of aryl methyl sites for hydroxylation is 1. The van der Waals surface area contributed by atoms with Crippen molar-refractivity contribution in [2.24, 2.45) is 11.8 Å². The molecule has 1 aliphatic carbocycles. The van der Waals surface area contributed by atoms with Gasteiger partial charge in [0.1, 0.15) is 17.7 Å². The third kappa shape index (κ3) is 5.82. The summed E-state index contributed by atoms with van der Waals surface area (Å²) in [6, 6.07) is -0.494. The number of carbonyl (C=O) groups is 1. The Morgan fingerprint density at radius 2 is 1.79 bits per heavy atom. The van der Waals surface area contributed by atoms with Gasteiger partial charge in [-0.3, -0.25) is 9.48 Å². The standard InChI is InChI=1S/C23H28ClF5N4O/c1-4-33-21(18-16(25)9-15(10-17(18)26)31-13(3)23(27,28)29)19(24)20(32-33)22(34)30-11-14-7-5-12(2)6-8-14/h9-10,12-14,31H,4-8,11H2,1-3H3,(H,30,34)/t12?,13-,14?/m1/s1. The van der Waals surface area contributed by atoms with Crippen molar-refractivity contribution in [3.63, 3.8) is 0 Å². The molecule has 2 N–H and O–H groups in total. The molecule has 0 aliphatic heterocycles. The Morgan fingerprint density at radius 3 is 2.32 bits per heavy atom. The first-order valence-corrected chi connectivity index (χ1v) is 11.7. The van der Waals surface area contributed by atoms with E-state index in [-0.39, 0.29) is 28.6 Å². The number of aromatic nitrogens is 2. The summed E-state index contributed by atoms with van der Waals surface area (Å²) in [4.78, 5) is 12.7. The molecule has 0 radical (unpaired) electrons. The van der Waals surface area contributed by atoms with Gasteiger partial charge in [0.05, 0.1) is 16.3 Å². The normalized spacial score (nSPS) is 19.7. The van der Waals surface area contributed by atoms with E-state index in [9.17, 15) is 26.7 Å². The van der Waals surface area contributed by atoms with Gasteiger partial charge in [0, 0.05) is 18.8 Å². The second-order valence-corrected chi connectivity index (χ2v) is 9.26. The monoisotopic (exact) mass is 506 g/mol. The molecule has 0 unspecified atom stereocenters. The molecule has 2 aromatic rings. The molecule has 1 amide bonds. The molecule has 1 aromatic carbocycles. The van der Waals surface area contributed by atoms with Gasteiger partial charge in [-0.2, -0.15) is 18.3 Å². The number of nitrogens with one attached hydrogen (secondary N) is 2. The summed E-state index contributed by atoms with van der Waals surface area (Å²) < 4.78 is 69.4. The van der Waals surface area contributed by atoms with Gasteiger partial charge in [-0.15, -0.1) is 0 Å². The minimum atomic E-state index is -4.59. The highest BCUT2D eigenvalue weighted by molar-refractivity contribution is 6.36. The van der Waals surface area contributed by atoms with Crippen LogP contribution in [-0.2, 0) is 6.54 Å². The van der Waals surface area contributed by atoms with E-state index in [1.807, 2.05) is 5.32 Å². The molecule has 1 saturated carbocycles. The predicted octanol–water partition coefficient (Wildman–Crippen LogP) is 6.42. The van der Waals surface area contributed by atoms with Crippen LogP contribution in [0.1, 0.15) is 56.9 Å². The number of halogens is 6. The molecule has 34 heavy (non-hydrogen) atoms. The van der Waals surface area contributed by atoms with E-state index in [4.69, 9.17) is 11.6 Å². The van der Waals surface area contributed by atoms with Crippen LogP contribution in [0, 0.1) is 23.5 Å². The third-order valence-electron chi connectivity index (χ3n) is 6.25. The van der Waals surface area contributed by atoms with Crippen LogP contribution in [0.2, 0.25) is 5.02 Å². The summed E-state index contributed by atoms with van der Waals surface area (Å²) in [6.07, 6.45) is -0.378. The van der Waals surface area contributed by atoms with Crippen LogP contribution in [0.5, 0.6) is 0 Å². The van der Waals surface area contributed by atoms with Crippen molar-refractivity contribution < 1.29 is 26.7 Å². The van der Waals surface area contributed by atoms with Gasteiger partial charge in [-0.25, -0.2) is 8.78 Å². The maximum atomic E-state index is 14.9. The average molecular weight is 507 g/mol.